The quantitative estimate of drug-likeness (QED) is 0.323. The highest BCUT2D eigenvalue weighted by Crippen LogP contribution is 2.25. The first kappa shape index (κ1) is 16.2. The van der Waals surface area contributed by atoms with Gasteiger partial charge in [-0.2, -0.15) is 0 Å². The highest BCUT2D eigenvalue weighted by Gasteiger charge is 2.22. The summed E-state index contributed by atoms with van der Waals surface area (Å²) in [5.74, 6) is -1.28. The molecule has 1 rings (SSSR count). The minimum Gasteiger partial charge on any atom is -0.466 e. The topological polar surface area (TPSA) is 130 Å². The molecule has 0 atom stereocenters. The van der Waals surface area contributed by atoms with Crippen LogP contribution in [0.25, 0.3) is 0 Å². The van der Waals surface area contributed by atoms with E-state index < -0.39 is 39.4 Å². The molecule has 0 fully saturated rings. The number of ether oxygens (including phenoxy) is 1. The van der Waals surface area contributed by atoms with Crippen LogP contribution in [0.4, 0.5) is 11.4 Å². The van der Waals surface area contributed by atoms with Crippen LogP contribution >= 0.6 is 0 Å². The predicted molar refractivity (Wildman–Crippen MR) is 69.7 cm³/mol. The molecule has 1 aromatic carbocycles. The van der Waals surface area contributed by atoms with Gasteiger partial charge in [-0.1, -0.05) is 0 Å². The predicted octanol–water partition coefficient (Wildman–Crippen LogP) is 1.57. The second-order valence-corrected chi connectivity index (χ2v) is 4.02. The zero-order valence-electron chi connectivity index (χ0n) is 11.1. The van der Waals surface area contributed by atoms with Crippen LogP contribution in [0.1, 0.15) is 18.9 Å². The summed E-state index contributed by atoms with van der Waals surface area (Å²) in [6, 6.07) is 2.99. The molecular weight excluding hydrogens is 284 g/mol. The standard InChI is InChI=1S/C12H12N2O7/c1-2-21-12(16)7-10(15)5-8-3-4-9(13(17)18)6-11(8)14(19)20/h3-4,6H,2,5,7H2,1H3. The first-order valence-corrected chi connectivity index (χ1v) is 5.94. The Morgan fingerprint density at radius 2 is 1.86 bits per heavy atom. The lowest BCUT2D eigenvalue weighted by Crippen LogP contribution is -2.13. The number of ketones is 1. The number of nitro benzene ring substituents is 2. The van der Waals surface area contributed by atoms with Crippen molar-refractivity contribution in [1.82, 2.24) is 0 Å². The van der Waals surface area contributed by atoms with Gasteiger partial charge < -0.3 is 4.74 Å². The average Bonchev–Trinajstić information content (AvgIpc) is 2.38. The van der Waals surface area contributed by atoms with Gasteiger partial charge in [0.25, 0.3) is 11.4 Å². The molecule has 0 amide bonds. The van der Waals surface area contributed by atoms with Crippen LogP contribution in [-0.4, -0.2) is 28.2 Å². The van der Waals surface area contributed by atoms with E-state index in [-0.39, 0.29) is 18.6 Å². The van der Waals surface area contributed by atoms with E-state index in [1.54, 1.807) is 6.92 Å². The van der Waals surface area contributed by atoms with Gasteiger partial charge in [0.15, 0.2) is 0 Å². The lowest BCUT2D eigenvalue weighted by Gasteiger charge is -2.03. The van der Waals surface area contributed by atoms with Gasteiger partial charge in [0, 0.05) is 18.1 Å². The summed E-state index contributed by atoms with van der Waals surface area (Å²) >= 11 is 0. The van der Waals surface area contributed by atoms with Crippen molar-refractivity contribution in [3.63, 3.8) is 0 Å². The summed E-state index contributed by atoms with van der Waals surface area (Å²) in [7, 11) is 0. The lowest BCUT2D eigenvalue weighted by atomic mass is 10.0. The maximum Gasteiger partial charge on any atom is 0.313 e. The number of carbonyl (C=O) groups is 2. The summed E-state index contributed by atoms with van der Waals surface area (Å²) in [5.41, 5.74) is -0.954. The average molecular weight is 296 g/mol. The van der Waals surface area contributed by atoms with Crippen molar-refractivity contribution in [2.24, 2.45) is 0 Å². The molecule has 0 saturated carbocycles. The van der Waals surface area contributed by atoms with Crippen molar-refractivity contribution >= 4 is 23.1 Å². The molecule has 0 aliphatic heterocycles. The fourth-order valence-electron chi connectivity index (χ4n) is 1.63. The summed E-state index contributed by atoms with van der Waals surface area (Å²) in [5, 5.41) is 21.5. The van der Waals surface area contributed by atoms with E-state index in [9.17, 15) is 29.8 Å². The fourth-order valence-corrected chi connectivity index (χ4v) is 1.63. The van der Waals surface area contributed by atoms with E-state index >= 15 is 0 Å². The third kappa shape index (κ3) is 4.64. The van der Waals surface area contributed by atoms with Gasteiger partial charge in [-0.25, -0.2) is 0 Å². The Labute approximate surface area is 118 Å². The minimum atomic E-state index is -0.806. The number of non-ortho nitro benzene ring substituents is 1. The van der Waals surface area contributed by atoms with Crippen LogP contribution in [0.5, 0.6) is 0 Å². The number of esters is 1. The molecule has 0 heterocycles. The van der Waals surface area contributed by atoms with Gasteiger partial charge in [0.05, 0.1) is 22.5 Å². The van der Waals surface area contributed by atoms with E-state index in [1.807, 2.05) is 0 Å². The number of hydrogen-bond acceptors (Lipinski definition) is 7. The Morgan fingerprint density at radius 1 is 1.19 bits per heavy atom. The van der Waals surface area contributed by atoms with Crippen molar-refractivity contribution in [2.45, 2.75) is 19.8 Å². The Morgan fingerprint density at radius 3 is 2.38 bits per heavy atom. The van der Waals surface area contributed by atoms with Crippen LogP contribution in [0.3, 0.4) is 0 Å². The Hall–Kier alpha value is -2.84. The maximum atomic E-state index is 11.6. The van der Waals surface area contributed by atoms with Crippen LogP contribution < -0.4 is 0 Å². The highest BCUT2D eigenvalue weighted by molar-refractivity contribution is 5.96. The van der Waals surface area contributed by atoms with Gasteiger partial charge in [-0.05, 0) is 13.0 Å². The van der Waals surface area contributed by atoms with E-state index in [0.29, 0.717) is 0 Å². The molecular formula is C12H12N2O7. The zero-order chi connectivity index (χ0) is 16.0. The SMILES string of the molecule is CCOC(=O)CC(=O)Cc1ccc([N+](=O)[O-])cc1[N+](=O)[O-]. The second-order valence-electron chi connectivity index (χ2n) is 4.02. The molecule has 0 aliphatic rings. The van der Waals surface area contributed by atoms with Crippen molar-refractivity contribution in [3.8, 4) is 0 Å². The van der Waals surface area contributed by atoms with Gasteiger partial charge in [0.1, 0.15) is 12.2 Å². The molecule has 0 N–H and O–H groups in total. The Balaban J connectivity index is 2.92. The molecule has 9 heteroatoms. The molecule has 0 aliphatic carbocycles. The van der Waals surface area contributed by atoms with E-state index in [2.05, 4.69) is 4.74 Å². The number of hydrogen-bond donors (Lipinski definition) is 0. The maximum absolute atomic E-state index is 11.6. The minimum absolute atomic E-state index is 0.0138. The van der Waals surface area contributed by atoms with Crippen LogP contribution in [0.2, 0.25) is 0 Å². The number of nitro groups is 2. The van der Waals surface area contributed by atoms with Crippen molar-refractivity contribution in [2.75, 3.05) is 6.61 Å². The molecule has 112 valence electrons. The molecule has 0 aromatic heterocycles. The lowest BCUT2D eigenvalue weighted by molar-refractivity contribution is -0.394. The molecule has 9 nitrogen and oxygen atoms in total. The first-order valence-electron chi connectivity index (χ1n) is 5.94. The second kappa shape index (κ2) is 7.08. The number of Topliss-reactive ketones (excluding diaryl/α,β-unsaturated/α-hetero) is 1. The van der Waals surface area contributed by atoms with Gasteiger partial charge >= 0.3 is 5.97 Å². The Kier molecular flexibility index (Phi) is 5.47. The molecule has 21 heavy (non-hydrogen) atoms. The van der Waals surface area contributed by atoms with Gasteiger partial charge in [-0.15, -0.1) is 0 Å². The normalized spacial score (nSPS) is 9.95. The summed E-state index contributed by atoms with van der Waals surface area (Å²) in [6.45, 7) is 1.72. The molecule has 0 bridgehead atoms. The molecule has 0 radical (unpaired) electrons. The summed E-state index contributed by atoms with van der Waals surface area (Å²) < 4.78 is 4.60. The van der Waals surface area contributed by atoms with Crippen molar-refractivity contribution in [1.29, 1.82) is 0 Å². The largest absolute Gasteiger partial charge is 0.466 e. The van der Waals surface area contributed by atoms with Crippen LogP contribution in [0, 0.1) is 20.2 Å². The van der Waals surface area contributed by atoms with Crippen LogP contribution in [0.15, 0.2) is 18.2 Å². The first-order chi connectivity index (χ1) is 9.85. The molecule has 0 spiro atoms. The molecule has 1 aromatic rings. The van der Waals surface area contributed by atoms with E-state index in [0.717, 1.165) is 18.2 Å². The van der Waals surface area contributed by atoms with Gasteiger partial charge in [0.2, 0.25) is 0 Å². The number of nitrogens with zero attached hydrogens (tertiary/aromatic N) is 2. The summed E-state index contributed by atoms with van der Waals surface area (Å²) in [4.78, 5) is 42.7. The van der Waals surface area contributed by atoms with E-state index in [1.165, 1.54) is 0 Å². The summed E-state index contributed by atoms with van der Waals surface area (Å²) in [6.07, 6.45) is -0.866. The highest BCUT2D eigenvalue weighted by atomic mass is 16.6. The molecule has 0 unspecified atom stereocenters. The third-order valence-electron chi connectivity index (χ3n) is 2.51. The van der Waals surface area contributed by atoms with Crippen LogP contribution in [-0.2, 0) is 20.7 Å². The number of carbonyl (C=O) groups excluding carboxylic acids is 2. The van der Waals surface area contributed by atoms with Crippen molar-refractivity contribution in [3.05, 3.63) is 44.0 Å². The number of benzene rings is 1. The smallest absolute Gasteiger partial charge is 0.313 e. The third-order valence-corrected chi connectivity index (χ3v) is 2.51. The fraction of sp³-hybridized carbons (Fsp3) is 0.333. The number of rotatable bonds is 7. The monoisotopic (exact) mass is 296 g/mol. The van der Waals surface area contributed by atoms with E-state index in [4.69, 9.17) is 0 Å². The zero-order valence-corrected chi connectivity index (χ0v) is 11.1. The van der Waals surface area contributed by atoms with Gasteiger partial charge in [-0.3, -0.25) is 29.8 Å². The van der Waals surface area contributed by atoms with Crippen molar-refractivity contribution < 1.29 is 24.2 Å². The Bertz CT molecular complexity index is 597. The molecule has 0 saturated heterocycles.